The van der Waals surface area contributed by atoms with Gasteiger partial charge in [-0.3, -0.25) is 0 Å². The van der Waals surface area contributed by atoms with Gasteiger partial charge in [-0.15, -0.1) is 0 Å². The van der Waals surface area contributed by atoms with Crippen molar-refractivity contribution in [2.75, 3.05) is 5.73 Å². The SMILES string of the molecule is N#CCC=Cc1ccc(N)c(C(F)(F)F)c1. The van der Waals surface area contributed by atoms with Gasteiger partial charge in [0.1, 0.15) is 0 Å². The number of nitrogens with two attached hydrogens (primary N) is 1. The summed E-state index contributed by atoms with van der Waals surface area (Å²) in [5.41, 5.74) is 4.45. The first kappa shape index (κ1) is 12.1. The molecule has 16 heavy (non-hydrogen) atoms. The quantitative estimate of drug-likeness (QED) is 0.787. The zero-order valence-corrected chi connectivity index (χ0v) is 8.25. The highest BCUT2D eigenvalue weighted by molar-refractivity contribution is 5.58. The van der Waals surface area contributed by atoms with Crippen LogP contribution in [0.1, 0.15) is 17.5 Å². The molecule has 0 aliphatic heterocycles. The second-order valence-corrected chi connectivity index (χ2v) is 3.11. The molecule has 0 saturated heterocycles. The fraction of sp³-hybridized carbons (Fsp3) is 0.182. The van der Waals surface area contributed by atoms with Gasteiger partial charge in [-0.25, -0.2) is 0 Å². The van der Waals surface area contributed by atoms with Crippen LogP contribution in [0.4, 0.5) is 18.9 Å². The van der Waals surface area contributed by atoms with Crippen LogP contribution >= 0.6 is 0 Å². The smallest absolute Gasteiger partial charge is 0.398 e. The molecule has 84 valence electrons. The number of rotatable bonds is 2. The van der Waals surface area contributed by atoms with Gasteiger partial charge in [-0.05, 0) is 17.7 Å². The number of allylic oxidation sites excluding steroid dienone is 1. The Hall–Kier alpha value is -1.96. The second kappa shape index (κ2) is 4.71. The molecule has 0 atom stereocenters. The van der Waals surface area contributed by atoms with Crippen molar-refractivity contribution in [2.45, 2.75) is 12.6 Å². The Morgan fingerprint density at radius 1 is 1.38 bits per heavy atom. The van der Waals surface area contributed by atoms with Gasteiger partial charge in [0.25, 0.3) is 0 Å². The predicted octanol–water partition coefficient (Wildman–Crippen LogP) is 3.21. The lowest BCUT2D eigenvalue weighted by molar-refractivity contribution is -0.136. The van der Waals surface area contributed by atoms with Crippen LogP contribution in [0.2, 0.25) is 0 Å². The zero-order chi connectivity index (χ0) is 12.2. The van der Waals surface area contributed by atoms with E-state index in [2.05, 4.69) is 0 Å². The summed E-state index contributed by atoms with van der Waals surface area (Å²) in [5.74, 6) is 0. The van der Waals surface area contributed by atoms with Crippen LogP contribution in [-0.2, 0) is 6.18 Å². The number of benzene rings is 1. The summed E-state index contributed by atoms with van der Waals surface area (Å²) in [4.78, 5) is 0. The van der Waals surface area contributed by atoms with Crippen LogP contribution in [0.15, 0.2) is 24.3 Å². The Labute approximate surface area is 90.8 Å². The van der Waals surface area contributed by atoms with Gasteiger partial charge in [-0.1, -0.05) is 18.2 Å². The van der Waals surface area contributed by atoms with Crippen molar-refractivity contribution >= 4 is 11.8 Å². The Balaban J connectivity index is 3.04. The highest BCUT2D eigenvalue weighted by Crippen LogP contribution is 2.34. The van der Waals surface area contributed by atoms with Crippen LogP contribution in [0.3, 0.4) is 0 Å². The first-order chi connectivity index (χ1) is 7.45. The summed E-state index contributed by atoms with van der Waals surface area (Å²) in [5, 5.41) is 8.27. The first-order valence-electron chi connectivity index (χ1n) is 4.45. The van der Waals surface area contributed by atoms with Gasteiger partial charge < -0.3 is 5.73 Å². The topological polar surface area (TPSA) is 49.8 Å². The third-order valence-corrected chi connectivity index (χ3v) is 1.90. The minimum atomic E-state index is -4.46. The Bertz CT molecular complexity index is 442. The molecule has 5 heteroatoms. The number of halogens is 3. The van der Waals surface area contributed by atoms with Gasteiger partial charge in [0.15, 0.2) is 0 Å². The molecule has 0 aliphatic carbocycles. The van der Waals surface area contributed by atoms with E-state index in [0.29, 0.717) is 5.56 Å². The monoisotopic (exact) mass is 226 g/mol. The summed E-state index contributed by atoms with van der Waals surface area (Å²) in [7, 11) is 0. The molecule has 0 aliphatic rings. The molecule has 0 unspecified atom stereocenters. The highest BCUT2D eigenvalue weighted by Gasteiger charge is 2.32. The van der Waals surface area contributed by atoms with E-state index in [9.17, 15) is 13.2 Å². The van der Waals surface area contributed by atoms with Crippen molar-refractivity contribution in [3.05, 3.63) is 35.4 Å². The van der Waals surface area contributed by atoms with Crippen molar-refractivity contribution in [3.8, 4) is 6.07 Å². The number of hydrogen-bond donors (Lipinski definition) is 1. The normalized spacial score (nSPS) is 11.6. The van der Waals surface area contributed by atoms with Crippen LogP contribution in [-0.4, -0.2) is 0 Å². The third kappa shape index (κ3) is 3.02. The fourth-order valence-electron chi connectivity index (χ4n) is 1.17. The van der Waals surface area contributed by atoms with Gasteiger partial charge in [0.2, 0.25) is 0 Å². The summed E-state index contributed by atoms with van der Waals surface area (Å²) in [6, 6.07) is 5.50. The summed E-state index contributed by atoms with van der Waals surface area (Å²) >= 11 is 0. The van der Waals surface area contributed by atoms with Crippen LogP contribution in [0.5, 0.6) is 0 Å². The lowest BCUT2D eigenvalue weighted by atomic mass is 10.1. The lowest BCUT2D eigenvalue weighted by Gasteiger charge is -2.10. The standard InChI is InChI=1S/C11H9F3N2/c12-11(13,14)9-7-8(3-1-2-6-15)4-5-10(9)16/h1,3-5,7H,2,16H2. The number of anilines is 1. The van der Waals surface area contributed by atoms with Crippen molar-refractivity contribution in [2.24, 2.45) is 0 Å². The molecule has 1 aromatic carbocycles. The molecule has 0 bridgehead atoms. The molecule has 1 rings (SSSR count). The maximum Gasteiger partial charge on any atom is 0.418 e. The van der Waals surface area contributed by atoms with E-state index in [1.165, 1.54) is 24.3 Å². The molecule has 0 aromatic heterocycles. The molecule has 2 N–H and O–H groups in total. The average molecular weight is 226 g/mol. The van der Waals surface area contributed by atoms with Crippen molar-refractivity contribution < 1.29 is 13.2 Å². The molecule has 1 aromatic rings. The molecule has 0 fully saturated rings. The van der Waals surface area contributed by atoms with Crippen LogP contribution < -0.4 is 5.73 Å². The fourth-order valence-corrected chi connectivity index (χ4v) is 1.17. The molecular formula is C11H9F3N2. The van der Waals surface area contributed by atoms with E-state index in [4.69, 9.17) is 11.0 Å². The van der Waals surface area contributed by atoms with E-state index >= 15 is 0 Å². The van der Waals surface area contributed by atoms with Crippen molar-refractivity contribution in [1.29, 1.82) is 5.26 Å². The Morgan fingerprint density at radius 3 is 2.62 bits per heavy atom. The van der Waals surface area contributed by atoms with E-state index < -0.39 is 11.7 Å². The average Bonchev–Trinajstić information content (AvgIpc) is 2.19. The highest BCUT2D eigenvalue weighted by atomic mass is 19.4. The maximum absolute atomic E-state index is 12.5. The van der Waals surface area contributed by atoms with Crippen molar-refractivity contribution in [3.63, 3.8) is 0 Å². The number of hydrogen-bond acceptors (Lipinski definition) is 2. The molecule has 0 amide bonds. The van der Waals surface area contributed by atoms with E-state index in [0.717, 1.165) is 6.07 Å². The minimum absolute atomic E-state index is 0.158. The molecule has 2 nitrogen and oxygen atoms in total. The summed E-state index contributed by atoms with van der Waals surface area (Å²) in [6.45, 7) is 0. The molecular weight excluding hydrogens is 217 g/mol. The van der Waals surface area contributed by atoms with Crippen molar-refractivity contribution in [1.82, 2.24) is 0 Å². The van der Waals surface area contributed by atoms with E-state index in [1.807, 2.05) is 6.07 Å². The molecule has 0 spiro atoms. The maximum atomic E-state index is 12.5. The van der Waals surface area contributed by atoms with E-state index in [1.54, 1.807) is 0 Å². The number of alkyl halides is 3. The Morgan fingerprint density at radius 2 is 2.06 bits per heavy atom. The molecule has 0 saturated carbocycles. The summed E-state index contributed by atoms with van der Waals surface area (Å²) in [6.07, 6.45) is -1.35. The number of nitrogen functional groups attached to an aromatic ring is 1. The van der Waals surface area contributed by atoms with Gasteiger partial charge in [0, 0.05) is 5.69 Å². The minimum Gasteiger partial charge on any atom is -0.398 e. The van der Waals surface area contributed by atoms with Gasteiger partial charge >= 0.3 is 6.18 Å². The second-order valence-electron chi connectivity index (χ2n) is 3.11. The van der Waals surface area contributed by atoms with Gasteiger partial charge in [0.05, 0.1) is 18.1 Å². The van der Waals surface area contributed by atoms with Gasteiger partial charge in [-0.2, -0.15) is 18.4 Å². The first-order valence-corrected chi connectivity index (χ1v) is 4.45. The predicted molar refractivity (Wildman–Crippen MR) is 55.1 cm³/mol. The largest absolute Gasteiger partial charge is 0.418 e. The molecule has 0 radical (unpaired) electrons. The Kier molecular flexibility index (Phi) is 3.56. The third-order valence-electron chi connectivity index (χ3n) is 1.90. The van der Waals surface area contributed by atoms with E-state index in [-0.39, 0.29) is 12.1 Å². The molecule has 0 heterocycles. The van der Waals surface area contributed by atoms with Crippen LogP contribution in [0.25, 0.3) is 6.08 Å². The summed E-state index contributed by atoms with van der Waals surface area (Å²) < 4.78 is 37.4. The number of nitriles is 1. The van der Waals surface area contributed by atoms with Crippen LogP contribution in [0, 0.1) is 11.3 Å². The number of nitrogens with zero attached hydrogens (tertiary/aromatic N) is 1. The zero-order valence-electron chi connectivity index (χ0n) is 8.25. The lowest BCUT2D eigenvalue weighted by Crippen LogP contribution is -2.08.